The smallest absolute Gasteiger partial charge is 0.146 e. The zero-order valence-corrected chi connectivity index (χ0v) is 7.67. The van der Waals surface area contributed by atoms with Crippen molar-refractivity contribution >= 4 is 23.4 Å². The van der Waals surface area contributed by atoms with Gasteiger partial charge in [-0.3, -0.25) is 0 Å². The minimum absolute atomic E-state index is 0.620. The Balaban J connectivity index is 2.60. The van der Waals surface area contributed by atoms with Crippen LogP contribution in [0.15, 0.2) is 4.90 Å². The Morgan fingerprint density at radius 2 is 2.27 bits per heavy atom. The van der Waals surface area contributed by atoms with E-state index in [-0.39, 0.29) is 0 Å². The van der Waals surface area contributed by atoms with E-state index in [1.165, 1.54) is 0 Å². The van der Waals surface area contributed by atoms with E-state index in [1.807, 2.05) is 6.92 Å². The Labute approximate surface area is 74.4 Å². The number of hydrogen-bond acceptors (Lipinski definition) is 3. The molecule has 2 nitrogen and oxygen atoms in total. The maximum absolute atomic E-state index is 5.90. The molecule has 0 amide bonds. The molecule has 1 aliphatic rings. The van der Waals surface area contributed by atoms with Crippen LogP contribution in [0.25, 0.3) is 0 Å². The summed E-state index contributed by atoms with van der Waals surface area (Å²) in [4.78, 5) is 9.46. The van der Waals surface area contributed by atoms with Gasteiger partial charge in [0.15, 0.2) is 0 Å². The van der Waals surface area contributed by atoms with E-state index in [1.54, 1.807) is 11.8 Å². The predicted octanol–water partition coefficient (Wildman–Crippen LogP) is 2.09. The van der Waals surface area contributed by atoms with Gasteiger partial charge in [-0.15, -0.1) is 11.8 Å². The van der Waals surface area contributed by atoms with E-state index in [0.29, 0.717) is 5.15 Å². The second kappa shape index (κ2) is 2.64. The van der Waals surface area contributed by atoms with Crippen LogP contribution in [0.2, 0.25) is 5.15 Å². The number of aromatic nitrogens is 2. The molecule has 1 aromatic heterocycles. The highest BCUT2D eigenvalue weighted by molar-refractivity contribution is 7.99. The second-order valence-electron chi connectivity index (χ2n) is 2.44. The molecule has 0 N–H and O–H groups in total. The van der Waals surface area contributed by atoms with Gasteiger partial charge in [-0.25, -0.2) is 9.97 Å². The van der Waals surface area contributed by atoms with Gasteiger partial charge in [0.2, 0.25) is 0 Å². The molecule has 0 unspecified atom stereocenters. The summed E-state index contributed by atoms with van der Waals surface area (Å²) in [6.45, 7) is 1.87. The van der Waals surface area contributed by atoms with Crippen LogP contribution in [0.3, 0.4) is 0 Å². The van der Waals surface area contributed by atoms with Gasteiger partial charge >= 0.3 is 0 Å². The van der Waals surface area contributed by atoms with E-state index in [2.05, 4.69) is 9.97 Å². The van der Waals surface area contributed by atoms with Gasteiger partial charge in [-0.1, -0.05) is 11.6 Å². The van der Waals surface area contributed by atoms with Crippen molar-refractivity contribution < 1.29 is 0 Å². The van der Waals surface area contributed by atoms with Crippen LogP contribution in [0.1, 0.15) is 11.5 Å². The fraction of sp³-hybridized carbons (Fsp3) is 0.429. The molecule has 0 radical (unpaired) electrons. The molecule has 0 bridgehead atoms. The first-order valence-electron chi connectivity index (χ1n) is 3.43. The summed E-state index contributed by atoms with van der Waals surface area (Å²) >= 11 is 7.65. The molecular weight excluding hydrogens is 180 g/mol. The zero-order chi connectivity index (χ0) is 7.84. The van der Waals surface area contributed by atoms with Crippen molar-refractivity contribution in [2.45, 2.75) is 18.2 Å². The summed E-state index contributed by atoms with van der Waals surface area (Å²) in [6, 6.07) is 0. The molecule has 0 aliphatic carbocycles. The van der Waals surface area contributed by atoms with Crippen LogP contribution < -0.4 is 0 Å². The minimum Gasteiger partial charge on any atom is -0.237 e. The number of nitrogens with zero attached hydrogens (tertiary/aromatic N) is 2. The summed E-state index contributed by atoms with van der Waals surface area (Å²) < 4.78 is 0. The van der Waals surface area contributed by atoms with E-state index >= 15 is 0 Å². The van der Waals surface area contributed by atoms with Crippen molar-refractivity contribution in [1.82, 2.24) is 9.97 Å². The number of aryl methyl sites for hydroxylation is 2. The van der Waals surface area contributed by atoms with Crippen molar-refractivity contribution in [2.75, 3.05) is 5.75 Å². The number of rotatable bonds is 0. The average molecular weight is 187 g/mol. The number of thioether (sulfide) groups is 1. The highest BCUT2D eigenvalue weighted by atomic mass is 35.5. The quantitative estimate of drug-likeness (QED) is 0.581. The summed E-state index contributed by atoms with van der Waals surface area (Å²) in [7, 11) is 0. The number of fused-ring (bicyclic) bond motifs is 1. The van der Waals surface area contributed by atoms with Gasteiger partial charge in [0.25, 0.3) is 0 Å². The Bertz CT molecular complexity index is 301. The van der Waals surface area contributed by atoms with Crippen LogP contribution in [0.4, 0.5) is 0 Å². The lowest BCUT2D eigenvalue weighted by Gasteiger charge is -1.99. The molecule has 0 spiro atoms. The van der Waals surface area contributed by atoms with Crippen LogP contribution in [0.5, 0.6) is 0 Å². The standard InChI is InChI=1S/C7H7ClN2S/c1-4-9-5-2-3-11-6(5)7(8)10-4/h2-3H2,1H3. The van der Waals surface area contributed by atoms with Crippen LogP contribution >= 0.6 is 23.4 Å². The summed E-state index contributed by atoms with van der Waals surface area (Å²) in [5, 5.41) is 0.620. The maximum atomic E-state index is 5.90. The first-order valence-corrected chi connectivity index (χ1v) is 4.79. The highest BCUT2D eigenvalue weighted by Crippen LogP contribution is 2.34. The summed E-state index contributed by atoms with van der Waals surface area (Å²) in [5.74, 6) is 1.86. The number of halogens is 1. The maximum Gasteiger partial charge on any atom is 0.146 e. The lowest BCUT2D eigenvalue weighted by Crippen LogP contribution is -1.94. The molecule has 0 aromatic carbocycles. The van der Waals surface area contributed by atoms with Crippen LogP contribution in [0, 0.1) is 6.92 Å². The van der Waals surface area contributed by atoms with Crippen LogP contribution in [-0.2, 0) is 6.42 Å². The van der Waals surface area contributed by atoms with Crippen molar-refractivity contribution in [3.8, 4) is 0 Å². The van der Waals surface area contributed by atoms with Gasteiger partial charge in [0.1, 0.15) is 11.0 Å². The summed E-state index contributed by atoms with van der Waals surface area (Å²) in [5.41, 5.74) is 1.12. The van der Waals surface area contributed by atoms with E-state index in [0.717, 1.165) is 28.6 Å². The molecule has 2 heterocycles. The molecule has 2 rings (SSSR count). The van der Waals surface area contributed by atoms with Gasteiger partial charge in [0.05, 0.1) is 10.6 Å². The van der Waals surface area contributed by atoms with Crippen molar-refractivity contribution in [3.63, 3.8) is 0 Å². The molecule has 11 heavy (non-hydrogen) atoms. The Morgan fingerprint density at radius 1 is 1.45 bits per heavy atom. The monoisotopic (exact) mass is 186 g/mol. The predicted molar refractivity (Wildman–Crippen MR) is 46.2 cm³/mol. The van der Waals surface area contributed by atoms with Crippen molar-refractivity contribution in [1.29, 1.82) is 0 Å². The minimum atomic E-state index is 0.620. The van der Waals surface area contributed by atoms with Gasteiger partial charge in [-0.05, 0) is 6.92 Å². The molecule has 58 valence electrons. The summed E-state index contributed by atoms with van der Waals surface area (Å²) in [6.07, 6.45) is 1.03. The van der Waals surface area contributed by atoms with Gasteiger partial charge in [-0.2, -0.15) is 0 Å². The van der Waals surface area contributed by atoms with E-state index < -0.39 is 0 Å². The molecular formula is C7H7ClN2S. The molecule has 0 saturated carbocycles. The molecule has 1 aromatic rings. The normalized spacial score (nSPS) is 15.1. The largest absolute Gasteiger partial charge is 0.237 e. The third kappa shape index (κ3) is 1.23. The third-order valence-corrected chi connectivity index (χ3v) is 3.10. The molecule has 0 atom stereocenters. The highest BCUT2D eigenvalue weighted by Gasteiger charge is 2.17. The Hall–Kier alpha value is -0.280. The SMILES string of the molecule is Cc1nc(Cl)c2c(n1)CCS2. The average Bonchev–Trinajstić information content (AvgIpc) is 2.34. The zero-order valence-electron chi connectivity index (χ0n) is 6.09. The topological polar surface area (TPSA) is 25.8 Å². The molecule has 0 fully saturated rings. The first-order chi connectivity index (χ1) is 5.27. The lowest BCUT2D eigenvalue weighted by molar-refractivity contribution is 0.926. The molecule has 0 saturated heterocycles. The lowest BCUT2D eigenvalue weighted by atomic mass is 10.3. The molecule has 1 aliphatic heterocycles. The Kier molecular flexibility index (Phi) is 1.77. The fourth-order valence-corrected chi connectivity index (χ4v) is 2.52. The fourth-order valence-electron chi connectivity index (χ4n) is 1.15. The first kappa shape index (κ1) is 7.37. The van der Waals surface area contributed by atoms with E-state index in [9.17, 15) is 0 Å². The molecule has 4 heteroatoms. The van der Waals surface area contributed by atoms with Gasteiger partial charge < -0.3 is 0 Å². The Morgan fingerprint density at radius 3 is 3.09 bits per heavy atom. The van der Waals surface area contributed by atoms with Crippen molar-refractivity contribution in [2.24, 2.45) is 0 Å². The van der Waals surface area contributed by atoms with E-state index in [4.69, 9.17) is 11.6 Å². The van der Waals surface area contributed by atoms with Gasteiger partial charge in [0, 0.05) is 12.2 Å². The number of hydrogen-bond donors (Lipinski definition) is 0. The third-order valence-electron chi connectivity index (χ3n) is 1.59. The van der Waals surface area contributed by atoms with Crippen molar-refractivity contribution in [3.05, 3.63) is 16.7 Å². The second-order valence-corrected chi connectivity index (χ2v) is 3.90. The van der Waals surface area contributed by atoms with Crippen LogP contribution in [-0.4, -0.2) is 15.7 Å².